The van der Waals surface area contributed by atoms with E-state index < -0.39 is 10.0 Å². The van der Waals surface area contributed by atoms with Gasteiger partial charge >= 0.3 is 0 Å². The van der Waals surface area contributed by atoms with Gasteiger partial charge in [0.1, 0.15) is 5.75 Å². The van der Waals surface area contributed by atoms with Crippen molar-refractivity contribution in [3.05, 3.63) is 24.3 Å². The largest absolute Gasteiger partial charge is 0.497 e. The first-order chi connectivity index (χ1) is 12.9. The number of benzene rings is 1. The molecule has 1 N–H and O–H groups in total. The molecule has 0 aliphatic carbocycles. The number of rotatable bonds is 8. The number of sulfonamides is 1. The maximum absolute atomic E-state index is 12.6. The van der Waals surface area contributed by atoms with E-state index in [1.807, 2.05) is 0 Å². The Morgan fingerprint density at radius 3 is 2.70 bits per heavy atom. The second-order valence-electron chi connectivity index (χ2n) is 7.62. The molecule has 27 heavy (non-hydrogen) atoms. The first-order valence-corrected chi connectivity index (χ1v) is 10.9. The van der Waals surface area contributed by atoms with Gasteiger partial charge in [0.2, 0.25) is 10.0 Å². The summed E-state index contributed by atoms with van der Waals surface area (Å²) in [6.45, 7) is 4.21. The predicted octanol–water partition coefficient (Wildman–Crippen LogP) is 1.25. The molecular formula is C20H29N3O3S. The number of methoxy groups -OCH3 is 1. The van der Waals surface area contributed by atoms with Crippen molar-refractivity contribution in [1.29, 1.82) is 0 Å². The SMILES string of the molecule is C#CCN(C)C[C@@H]1CN2CC[C@H]1C[C@@H]2CNS(=O)(=O)c1ccc(OC)cc1. The minimum Gasteiger partial charge on any atom is -0.497 e. The standard InChI is InChI=1S/C20H29N3O3S/c1-4-10-22(2)14-17-15-23-11-9-16(17)12-18(23)13-21-27(24,25)20-7-5-19(26-3)6-8-20/h1,5-8,16-18,21H,9-15H2,2-3H3/t16-,17+,18+/m0/s1. The molecule has 4 rings (SSSR count). The van der Waals surface area contributed by atoms with Crippen molar-refractivity contribution in [2.45, 2.75) is 23.8 Å². The maximum Gasteiger partial charge on any atom is 0.240 e. The number of terminal acetylenes is 1. The van der Waals surface area contributed by atoms with Crippen LogP contribution in [0.2, 0.25) is 0 Å². The van der Waals surface area contributed by atoms with Crippen LogP contribution in [0.15, 0.2) is 29.2 Å². The van der Waals surface area contributed by atoms with Crippen molar-refractivity contribution in [3.8, 4) is 18.1 Å². The molecule has 3 heterocycles. The maximum atomic E-state index is 12.6. The normalized spacial score (nSPS) is 27.5. The van der Waals surface area contributed by atoms with Crippen LogP contribution >= 0.6 is 0 Å². The molecule has 0 spiro atoms. The number of fused-ring (bicyclic) bond motifs is 3. The lowest BCUT2D eigenvalue weighted by atomic mass is 9.75. The molecule has 7 heteroatoms. The van der Waals surface area contributed by atoms with E-state index in [9.17, 15) is 8.42 Å². The Kier molecular flexibility index (Phi) is 6.43. The van der Waals surface area contributed by atoms with Gasteiger partial charge in [-0.3, -0.25) is 9.80 Å². The predicted molar refractivity (Wildman–Crippen MR) is 106 cm³/mol. The molecule has 3 saturated heterocycles. The summed E-state index contributed by atoms with van der Waals surface area (Å²) in [5.41, 5.74) is 0. The quantitative estimate of drug-likeness (QED) is 0.676. The summed E-state index contributed by atoms with van der Waals surface area (Å²) < 4.78 is 33.0. The Balaban J connectivity index is 1.56. The van der Waals surface area contributed by atoms with Crippen LogP contribution < -0.4 is 9.46 Å². The van der Waals surface area contributed by atoms with Crippen LogP contribution in [0.4, 0.5) is 0 Å². The van der Waals surface area contributed by atoms with Crippen LogP contribution in [0.1, 0.15) is 12.8 Å². The summed E-state index contributed by atoms with van der Waals surface area (Å²) in [6.07, 6.45) is 7.63. The highest BCUT2D eigenvalue weighted by molar-refractivity contribution is 7.89. The first kappa shape index (κ1) is 20.2. The fourth-order valence-corrected chi connectivity index (χ4v) is 5.41. The monoisotopic (exact) mass is 391 g/mol. The van der Waals surface area contributed by atoms with Crippen molar-refractivity contribution in [3.63, 3.8) is 0 Å². The van der Waals surface area contributed by atoms with E-state index >= 15 is 0 Å². The van der Waals surface area contributed by atoms with Crippen molar-refractivity contribution >= 4 is 10.0 Å². The van der Waals surface area contributed by atoms with E-state index in [0.717, 1.165) is 26.1 Å². The number of hydrogen-bond acceptors (Lipinski definition) is 5. The van der Waals surface area contributed by atoms with Gasteiger partial charge in [-0.25, -0.2) is 13.1 Å². The highest BCUT2D eigenvalue weighted by atomic mass is 32.2. The highest BCUT2D eigenvalue weighted by Crippen LogP contribution is 2.36. The second-order valence-corrected chi connectivity index (χ2v) is 9.39. The first-order valence-electron chi connectivity index (χ1n) is 9.42. The average Bonchev–Trinajstić information content (AvgIpc) is 2.67. The van der Waals surface area contributed by atoms with E-state index in [2.05, 4.69) is 27.5 Å². The number of piperidine rings is 3. The van der Waals surface area contributed by atoms with E-state index in [0.29, 0.717) is 30.7 Å². The Labute approximate surface area is 162 Å². The van der Waals surface area contributed by atoms with Gasteiger partial charge in [-0.2, -0.15) is 0 Å². The molecule has 6 nitrogen and oxygen atoms in total. The molecule has 148 valence electrons. The minimum absolute atomic E-state index is 0.269. The smallest absolute Gasteiger partial charge is 0.240 e. The minimum atomic E-state index is -3.50. The number of hydrogen-bond donors (Lipinski definition) is 1. The summed E-state index contributed by atoms with van der Waals surface area (Å²) in [6, 6.07) is 6.75. The average molecular weight is 392 g/mol. The molecule has 3 aliphatic heterocycles. The Hall–Kier alpha value is -1.59. The number of nitrogens with zero attached hydrogens (tertiary/aromatic N) is 2. The topological polar surface area (TPSA) is 61.9 Å². The van der Waals surface area contributed by atoms with Crippen LogP contribution in [0, 0.1) is 24.2 Å². The van der Waals surface area contributed by atoms with E-state index in [-0.39, 0.29) is 10.9 Å². The molecule has 1 unspecified atom stereocenters. The number of nitrogens with one attached hydrogen (secondary N) is 1. The summed E-state index contributed by atoms with van der Waals surface area (Å²) in [5.74, 6) is 4.60. The van der Waals surface area contributed by atoms with Gasteiger partial charge in [0.15, 0.2) is 0 Å². The molecule has 4 atom stereocenters. The Morgan fingerprint density at radius 2 is 2.11 bits per heavy atom. The zero-order valence-electron chi connectivity index (χ0n) is 16.1. The van der Waals surface area contributed by atoms with Gasteiger partial charge in [0, 0.05) is 25.7 Å². The zero-order chi connectivity index (χ0) is 19.4. The molecule has 0 radical (unpaired) electrons. The van der Waals surface area contributed by atoms with Crippen molar-refractivity contribution in [2.75, 3.05) is 46.9 Å². The fraction of sp³-hybridized carbons (Fsp3) is 0.600. The Morgan fingerprint density at radius 1 is 1.37 bits per heavy atom. The third kappa shape index (κ3) is 4.82. The van der Waals surface area contributed by atoms with Gasteiger partial charge in [-0.15, -0.1) is 6.42 Å². The molecule has 1 aromatic carbocycles. The highest BCUT2D eigenvalue weighted by Gasteiger charge is 2.40. The summed E-state index contributed by atoms with van der Waals surface area (Å²) in [4.78, 5) is 4.91. The van der Waals surface area contributed by atoms with Gasteiger partial charge in [-0.05, 0) is 62.5 Å². The molecule has 0 amide bonds. The summed E-state index contributed by atoms with van der Waals surface area (Å²) >= 11 is 0. The van der Waals surface area contributed by atoms with Crippen LogP contribution in [0.5, 0.6) is 5.75 Å². The van der Waals surface area contributed by atoms with Crippen LogP contribution in [-0.2, 0) is 10.0 Å². The van der Waals surface area contributed by atoms with Crippen LogP contribution in [0.25, 0.3) is 0 Å². The summed E-state index contributed by atoms with van der Waals surface area (Å²) in [5, 5.41) is 0. The van der Waals surface area contributed by atoms with E-state index in [1.54, 1.807) is 31.4 Å². The van der Waals surface area contributed by atoms with Crippen LogP contribution in [0.3, 0.4) is 0 Å². The molecule has 3 fully saturated rings. The van der Waals surface area contributed by atoms with E-state index in [4.69, 9.17) is 11.2 Å². The third-order valence-electron chi connectivity index (χ3n) is 5.80. The fourth-order valence-electron chi connectivity index (χ4n) is 4.33. The van der Waals surface area contributed by atoms with Gasteiger partial charge in [-0.1, -0.05) is 5.92 Å². The lowest BCUT2D eigenvalue weighted by Gasteiger charge is -2.50. The Bertz CT molecular complexity index is 773. The van der Waals surface area contributed by atoms with Crippen LogP contribution in [-0.4, -0.2) is 71.1 Å². The van der Waals surface area contributed by atoms with E-state index in [1.165, 1.54) is 6.42 Å². The summed E-state index contributed by atoms with van der Waals surface area (Å²) in [7, 11) is 0.125. The molecule has 0 aromatic heterocycles. The van der Waals surface area contributed by atoms with Crippen molar-refractivity contribution < 1.29 is 13.2 Å². The molecule has 1 aromatic rings. The number of ether oxygens (including phenoxy) is 1. The molecule has 0 saturated carbocycles. The third-order valence-corrected chi connectivity index (χ3v) is 7.24. The molecule has 3 aliphatic rings. The molecular weight excluding hydrogens is 362 g/mol. The lowest BCUT2D eigenvalue weighted by molar-refractivity contribution is -0.00623. The van der Waals surface area contributed by atoms with Gasteiger partial charge in [0.05, 0.1) is 18.6 Å². The van der Waals surface area contributed by atoms with Gasteiger partial charge < -0.3 is 4.74 Å². The molecule has 2 bridgehead atoms. The second kappa shape index (κ2) is 8.61. The van der Waals surface area contributed by atoms with Crippen molar-refractivity contribution in [2.24, 2.45) is 11.8 Å². The van der Waals surface area contributed by atoms with Crippen molar-refractivity contribution in [1.82, 2.24) is 14.5 Å². The lowest BCUT2D eigenvalue weighted by Crippen LogP contribution is -2.58. The zero-order valence-corrected chi connectivity index (χ0v) is 16.9. The van der Waals surface area contributed by atoms with Gasteiger partial charge in [0.25, 0.3) is 0 Å².